The second kappa shape index (κ2) is 6.73. The molecule has 1 heterocycles. The van der Waals surface area contributed by atoms with Crippen LogP contribution in [0.25, 0.3) is 0 Å². The van der Waals surface area contributed by atoms with Crippen LogP contribution in [0.3, 0.4) is 0 Å². The Morgan fingerprint density at radius 3 is 2.65 bits per heavy atom. The highest BCUT2D eigenvalue weighted by Gasteiger charge is 2.12. The number of halogens is 1. The number of hydrogen-bond donors (Lipinski definition) is 1. The molecule has 0 saturated carbocycles. The summed E-state index contributed by atoms with van der Waals surface area (Å²) in [5, 5.41) is 10.2. The Morgan fingerprint density at radius 2 is 2.10 bits per heavy atom. The molecule has 0 spiro atoms. The van der Waals surface area contributed by atoms with E-state index in [-0.39, 0.29) is 0 Å². The summed E-state index contributed by atoms with van der Waals surface area (Å²) < 4.78 is 0. The molecular formula is C16H19ClN2O. The number of aliphatic hydroxyl groups excluding tert-OH is 1. The van der Waals surface area contributed by atoms with Gasteiger partial charge in [-0.15, -0.1) is 0 Å². The van der Waals surface area contributed by atoms with Crippen LogP contribution >= 0.6 is 11.6 Å². The van der Waals surface area contributed by atoms with E-state index in [0.29, 0.717) is 11.6 Å². The van der Waals surface area contributed by atoms with E-state index in [0.717, 1.165) is 23.5 Å². The van der Waals surface area contributed by atoms with E-state index in [4.69, 9.17) is 11.6 Å². The molecule has 0 amide bonds. The number of nitrogens with zero attached hydrogens (tertiary/aromatic N) is 2. The van der Waals surface area contributed by atoms with Gasteiger partial charge in [-0.1, -0.05) is 23.7 Å². The smallest absolute Gasteiger partial charge is 0.0762 e. The van der Waals surface area contributed by atoms with Crippen LogP contribution in [-0.2, 0) is 6.54 Å². The summed E-state index contributed by atoms with van der Waals surface area (Å²) in [6.07, 6.45) is 1.29. The molecule has 1 aromatic heterocycles. The zero-order chi connectivity index (χ0) is 14.5. The molecule has 0 radical (unpaired) electrons. The zero-order valence-corrected chi connectivity index (χ0v) is 12.5. The minimum Gasteiger partial charge on any atom is -0.389 e. The minimum absolute atomic E-state index is 0.507. The maximum Gasteiger partial charge on any atom is 0.0762 e. The number of hydrogen-bond acceptors (Lipinski definition) is 3. The zero-order valence-electron chi connectivity index (χ0n) is 11.8. The first kappa shape index (κ1) is 14.8. The van der Waals surface area contributed by atoms with Crippen LogP contribution in [0.2, 0.25) is 5.02 Å². The number of anilines is 1. The highest BCUT2D eigenvalue weighted by atomic mass is 35.5. The molecule has 2 aromatic rings. The summed E-state index contributed by atoms with van der Waals surface area (Å²) in [4.78, 5) is 6.51. The van der Waals surface area contributed by atoms with Gasteiger partial charge in [0.15, 0.2) is 0 Å². The second-order valence-corrected chi connectivity index (χ2v) is 5.13. The maximum absolute atomic E-state index is 9.59. The number of aromatic nitrogens is 1. The van der Waals surface area contributed by atoms with Gasteiger partial charge in [-0.25, -0.2) is 0 Å². The summed E-state index contributed by atoms with van der Waals surface area (Å²) in [6.45, 7) is 5.37. The van der Waals surface area contributed by atoms with E-state index in [9.17, 15) is 5.11 Å². The van der Waals surface area contributed by atoms with Gasteiger partial charge >= 0.3 is 0 Å². The average molecular weight is 291 g/mol. The topological polar surface area (TPSA) is 36.4 Å². The summed E-state index contributed by atoms with van der Waals surface area (Å²) in [5.74, 6) is 0. The standard InChI is InChI=1S/C16H19ClN2O/c1-3-19(11-14-6-4-5-9-18-14)16-8-7-13(12(2)20)10-15(16)17/h4-10,12,20H,3,11H2,1-2H3/t12-/m1/s1. The van der Waals surface area contributed by atoms with Crippen molar-refractivity contribution >= 4 is 17.3 Å². The van der Waals surface area contributed by atoms with Crippen molar-refractivity contribution in [3.63, 3.8) is 0 Å². The molecule has 0 aliphatic heterocycles. The Labute approximate surface area is 124 Å². The van der Waals surface area contributed by atoms with Crippen molar-refractivity contribution in [2.45, 2.75) is 26.5 Å². The quantitative estimate of drug-likeness (QED) is 0.909. The molecule has 0 bridgehead atoms. The lowest BCUT2D eigenvalue weighted by Crippen LogP contribution is -2.23. The van der Waals surface area contributed by atoms with Crippen LogP contribution in [-0.4, -0.2) is 16.6 Å². The van der Waals surface area contributed by atoms with E-state index < -0.39 is 6.10 Å². The normalized spacial score (nSPS) is 12.2. The van der Waals surface area contributed by atoms with E-state index in [1.54, 1.807) is 13.1 Å². The molecule has 106 valence electrons. The fourth-order valence-corrected chi connectivity index (χ4v) is 2.40. The molecule has 1 aromatic carbocycles. The molecule has 0 fully saturated rings. The lowest BCUT2D eigenvalue weighted by molar-refractivity contribution is 0.199. The van der Waals surface area contributed by atoms with Gasteiger partial charge in [0.05, 0.1) is 29.1 Å². The van der Waals surface area contributed by atoms with Crippen LogP contribution in [0.4, 0.5) is 5.69 Å². The predicted molar refractivity (Wildman–Crippen MR) is 83.0 cm³/mol. The van der Waals surface area contributed by atoms with Crippen LogP contribution in [0.5, 0.6) is 0 Å². The van der Waals surface area contributed by atoms with E-state index in [1.807, 2.05) is 36.4 Å². The minimum atomic E-state index is -0.507. The molecule has 1 atom stereocenters. The van der Waals surface area contributed by atoms with Gasteiger partial charge in [0.1, 0.15) is 0 Å². The largest absolute Gasteiger partial charge is 0.389 e. The average Bonchev–Trinajstić information content (AvgIpc) is 2.46. The first-order valence-corrected chi connectivity index (χ1v) is 7.12. The molecule has 1 N–H and O–H groups in total. The van der Waals surface area contributed by atoms with Gasteiger partial charge < -0.3 is 10.0 Å². The number of pyridine rings is 1. The predicted octanol–water partition coefficient (Wildman–Crippen LogP) is 3.81. The Kier molecular flexibility index (Phi) is 4.99. The van der Waals surface area contributed by atoms with E-state index in [2.05, 4.69) is 16.8 Å². The summed E-state index contributed by atoms with van der Waals surface area (Å²) in [5.41, 5.74) is 2.79. The third-order valence-electron chi connectivity index (χ3n) is 3.26. The van der Waals surface area contributed by atoms with Gasteiger partial charge in [0.25, 0.3) is 0 Å². The summed E-state index contributed by atoms with van der Waals surface area (Å²) in [7, 11) is 0. The number of benzene rings is 1. The molecule has 2 rings (SSSR count). The van der Waals surface area contributed by atoms with Gasteiger partial charge in [0.2, 0.25) is 0 Å². The van der Waals surface area contributed by atoms with Crippen molar-refractivity contribution in [2.75, 3.05) is 11.4 Å². The van der Waals surface area contributed by atoms with Crippen LogP contribution < -0.4 is 4.90 Å². The molecule has 0 aliphatic carbocycles. The first-order chi connectivity index (χ1) is 9.61. The van der Waals surface area contributed by atoms with Crippen molar-refractivity contribution in [3.05, 3.63) is 58.9 Å². The van der Waals surface area contributed by atoms with Crippen LogP contribution in [0, 0.1) is 0 Å². The Balaban J connectivity index is 2.23. The monoisotopic (exact) mass is 290 g/mol. The van der Waals surface area contributed by atoms with Gasteiger partial charge in [-0.05, 0) is 43.7 Å². The SMILES string of the molecule is CCN(Cc1ccccn1)c1ccc([C@@H](C)O)cc1Cl. The van der Waals surface area contributed by atoms with Crippen molar-refractivity contribution in [1.29, 1.82) is 0 Å². The van der Waals surface area contributed by atoms with E-state index >= 15 is 0 Å². The fraction of sp³-hybridized carbons (Fsp3) is 0.312. The Hall–Kier alpha value is -1.58. The Morgan fingerprint density at radius 1 is 1.30 bits per heavy atom. The Bertz CT molecular complexity index is 558. The lowest BCUT2D eigenvalue weighted by Gasteiger charge is -2.24. The third kappa shape index (κ3) is 3.50. The van der Waals surface area contributed by atoms with Crippen molar-refractivity contribution in [1.82, 2.24) is 4.98 Å². The summed E-state index contributed by atoms with van der Waals surface area (Å²) >= 11 is 6.34. The van der Waals surface area contributed by atoms with Crippen LogP contribution in [0.1, 0.15) is 31.2 Å². The molecule has 0 unspecified atom stereocenters. The second-order valence-electron chi connectivity index (χ2n) is 4.72. The molecule has 3 nitrogen and oxygen atoms in total. The number of aliphatic hydroxyl groups is 1. The molecule has 20 heavy (non-hydrogen) atoms. The lowest BCUT2D eigenvalue weighted by atomic mass is 10.1. The molecular weight excluding hydrogens is 272 g/mol. The van der Waals surface area contributed by atoms with E-state index in [1.165, 1.54) is 0 Å². The fourth-order valence-electron chi connectivity index (χ4n) is 2.09. The van der Waals surface area contributed by atoms with Gasteiger partial charge in [-0.3, -0.25) is 4.98 Å². The highest BCUT2D eigenvalue weighted by molar-refractivity contribution is 6.33. The van der Waals surface area contributed by atoms with Gasteiger partial charge in [0, 0.05) is 12.7 Å². The van der Waals surface area contributed by atoms with Crippen LogP contribution in [0.15, 0.2) is 42.6 Å². The highest BCUT2D eigenvalue weighted by Crippen LogP contribution is 2.29. The number of rotatable bonds is 5. The molecule has 0 saturated heterocycles. The first-order valence-electron chi connectivity index (χ1n) is 6.74. The van der Waals surface area contributed by atoms with Crippen molar-refractivity contribution in [2.24, 2.45) is 0 Å². The third-order valence-corrected chi connectivity index (χ3v) is 3.56. The van der Waals surface area contributed by atoms with Gasteiger partial charge in [-0.2, -0.15) is 0 Å². The maximum atomic E-state index is 9.59. The van der Waals surface area contributed by atoms with Crippen molar-refractivity contribution < 1.29 is 5.11 Å². The summed E-state index contributed by atoms with van der Waals surface area (Å²) in [6, 6.07) is 11.6. The molecule has 4 heteroatoms. The van der Waals surface area contributed by atoms with Crippen molar-refractivity contribution in [3.8, 4) is 0 Å². The molecule has 0 aliphatic rings.